The van der Waals surface area contributed by atoms with Gasteiger partial charge >= 0.3 is 54.4 Å². The molecule has 1 atom stereocenters. The Morgan fingerprint density at radius 1 is 0.467 bits per heavy atom. The first-order valence-electron chi connectivity index (χ1n) is 5.92. The van der Waals surface area contributed by atoms with Gasteiger partial charge in [0.25, 0.3) is 0 Å². The van der Waals surface area contributed by atoms with Gasteiger partial charge in [-0.25, -0.2) is 0 Å². The first-order valence-corrected chi connectivity index (χ1v) is 5.92. The minimum Gasteiger partial charge on any atom is -0.280 e. The Labute approximate surface area is 149 Å². The molecule has 0 rings (SSSR count). The molecule has 30 heavy (non-hydrogen) atoms. The van der Waals surface area contributed by atoms with Crippen molar-refractivity contribution in [3.8, 4) is 0 Å². The van der Waals surface area contributed by atoms with Crippen molar-refractivity contribution in [1.29, 1.82) is 0 Å². The molecule has 0 aliphatic heterocycles. The fourth-order valence-corrected chi connectivity index (χ4v) is 1.19. The average molecular weight is 498 g/mol. The summed E-state index contributed by atoms with van der Waals surface area (Å²) in [7, 11) is 0. The second-order valence-electron chi connectivity index (χ2n) is 4.75. The first kappa shape index (κ1) is 28.3. The summed E-state index contributed by atoms with van der Waals surface area (Å²) in [6.07, 6.45) is -45.9. The lowest BCUT2D eigenvalue weighted by Crippen LogP contribution is -2.67. The molecule has 3 nitrogen and oxygen atoms in total. The monoisotopic (exact) mass is 498 g/mol. The van der Waals surface area contributed by atoms with Gasteiger partial charge < -0.3 is 0 Å². The summed E-state index contributed by atoms with van der Waals surface area (Å²) < 4.78 is 226. The molecule has 180 valence electrons. The highest BCUT2D eigenvalue weighted by atomic mass is 19.4. The topological polar surface area (TPSA) is 35.5 Å². The molecule has 0 radical (unpaired) electrons. The lowest BCUT2D eigenvalue weighted by Gasteiger charge is -2.39. The Morgan fingerprint density at radius 2 is 0.767 bits per heavy atom. The summed E-state index contributed by atoms with van der Waals surface area (Å²) in [6.45, 7) is 0. The number of hydrogen-bond donors (Lipinski definition) is 0. The number of carbonyl (C=O) groups is 1. The smallest absolute Gasteiger partial charge is 0.280 e. The van der Waals surface area contributed by atoms with Gasteiger partial charge in [0.1, 0.15) is 0 Å². The fourth-order valence-electron chi connectivity index (χ4n) is 1.19. The molecule has 0 amide bonds. The molecule has 0 heterocycles. The third-order valence-electron chi connectivity index (χ3n) is 2.53. The lowest BCUT2D eigenvalue weighted by molar-refractivity contribution is -0.548. The van der Waals surface area contributed by atoms with E-state index in [0.717, 1.165) is 4.74 Å². The van der Waals surface area contributed by atoms with E-state index in [1.165, 1.54) is 4.74 Å². The third-order valence-corrected chi connectivity index (χ3v) is 2.53. The maximum absolute atomic E-state index is 13.5. The van der Waals surface area contributed by atoms with E-state index >= 15 is 0 Å². The van der Waals surface area contributed by atoms with Crippen LogP contribution in [0.4, 0.5) is 79.0 Å². The van der Waals surface area contributed by atoms with Crippen LogP contribution < -0.4 is 0 Å². The van der Waals surface area contributed by atoms with Crippen LogP contribution in [0.25, 0.3) is 0 Å². The summed E-state index contributed by atoms with van der Waals surface area (Å²) in [5, 5.41) is 0. The molecule has 0 saturated carbocycles. The molecule has 1 unspecified atom stereocenters. The van der Waals surface area contributed by atoms with Gasteiger partial charge in [0.15, 0.2) is 0 Å². The minimum absolute atomic E-state index is 1.16. The van der Waals surface area contributed by atoms with Crippen molar-refractivity contribution in [3.05, 3.63) is 0 Å². The van der Waals surface area contributed by atoms with Gasteiger partial charge in [0, 0.05) is 0 Å². The quantitative estimate of drug-likeness (QED) is 0.464. The molecular formula is C9F18O3. The van der Waals surface area contributed by atoms with Crippen molar-refractivity contribution < 1.29 is 93.3 Å². The van der Waals surface area contributed by atoms with Gasteiger partial charge in [-0.2, -0.15) is 79.0 Å². The molecule has 0 saturated heterocycles. The van der Waals surface area contributed by atoms with Crippen molar-refractivity contribution in [1.82, 2.24) is 0 Å². The van der Waals surface area contributed by atoms with E-state index in [1.807, 2.05) is 0 Å². The lowest BCUT2D eigenvalue weighted by atomic mass is 10.2. The summed E-state index contributed by atoms with van der Waals surface area (Å²) in [5.74, 6) is -20.8. The van der Waals surface area contributed by atoms with E-state index < -0.39 is 54.4 Å². The normalized spacial score (nSPS) is 17.7. The van der Waals surface area contributed by atoms with Gasteiger partial charge in [-0.1, -0.05) is 0 Å². The third kappa shape index (κ3) is 4.97. The summed E-state index contributed by atoms with van der Waals surface area (Å²) >= 11 is 0. The Balaban J connectivity index is 6.61. The van der Waals surface area contributed by atoms with Gasteiger partial charge in [0.2, 0.25) is 0 Å². The highest BCUT2D eigenvalue weighted by Crippen LogP contribution is 2.56. The van der Waals surface area contributed by atoms with Gasteiger partial charge in [-0.3, -0.25) is 14.3 Å². The predicted octanol–water partition coefficient (Wildman–Crippen LogP) is 5.36. The van der Waals surface area contributed by atoms with Crippen LogP contribution in [0.2, 0.25) is 0 Å². The number of ether oxygens (including phenoxy) is 2. The van der Waals surface area contributed by atoms with E-state index in [0.29, 0.717) is 0 Å². The zero-order valence-electron chi connectivity index (χ0n) is 12.5. The number of halogens is 18. The standard InChI is InChI=1S/C9F18O3/c10-2(11,12)1(28)3(13,14)29-5(16,8(23,24)25)9(26,27)30-4(15,6(17,18)19)7(20,21)22. The van der Waals surface area contributed by atoms with E-state index in [9.17, 15) is 83.8 Å². The van der Waals surface area contributed by atoms with E-state index in [1.54, 1.807) is 0 Å². The minimum atomic E-state index is -8.12. The molecule has 0 aromatic heterocycles. The van der Waals surface area contributed by atoms with Crippen LogP contribution in [0.1, 0.15) is 0 Å². The maximum atomic E-state index is 13.5. The highest BCUT2D eigenvalue weighted by molar-refractivity contribution is 5.89. The maximum Gasteiger partial charge on any atom is 0.459 e. The molecule has 0 aromatic carbocycles. The van der Waals surface area contributed by atoms with Crippen LogP contribution in [0.15, 0.2) is 0 Å². The molecule has 0 spiro atoms. The molecule has 21 heteroatoms. The second kappa shape index (κ2) is 7.19. The van der Waals surface area contributed by atoms with Crippen LogP contribution in [-0.4, -0.2) is 54.4 Å². The Kier molecular flexibility index (Phi) is 6.79. The molecular weight excluding hydrogens is 498 g/mol. The van der Waals surface area contributed by atoms with Crippen molar-refractivity contribution >= 4 is 5.78 Å². The Bertz CT molecular complexity index is 623. The van der Waals surface area contributed by atoms with E-state index in [-0.39, 0.29) is 0 Å². The SMILES string of the molecule is O=C(C(F)(F)F)C(F)(F)OC(F)(C(F)(F)F)C(F)(F)OC(F)(C(F)(F)F)C(F)(F)F. The Morgan fingerprint density at radius 3 is 1.00 bits per heavy atom. The average Bonchev–Trinajstić information content (AvgIpc) is 2.40. The van der Waals surface area contributed by atoms with Crippen LogP contribution in [0.3, 0.4) is 0 Å². The molecule has 0 N–H and O–H groups in total. The highest BCUT2D eigenvalue weighted by Gasteiger charge is 2.85. The molecule has 0 fully saturated rings. The van der Waals surface area contributed by atoms with Crippen molar-refractivity contribution in [2.24, 2.45) is 0 Å². The van der Waals surface area contributed by atoms with Crippen molar-refractivity contribution in [2.75, 3.05) is 0 Å². The first-order chi connectivity index (χ1) is 12.6. The van der Waals surface area contributed by atoms with Gasteiger partial charge in [0.05, 0.1) is 0 Å². The number of hydrogen-bond acceptors (Lipinski definition) is 3. The summed E-state index contributed by atoms with van der Waals surface area (Å²) in [4.78, 5) is 10.2. The van der Waals surface area contributed by atoms with Crippen LogP contribution in [0.5, 0.6) is 0 Å². The van der Waals surface area contributed by atoms with Crippen LogP contribution >= 0.6 is 0 Å². The van der Waals surface area contributed by atoms with E-state index in [4.69, 9.17) is 0 Å². The van der Waals surface area contributed by atoms with Crippen molar-refractivity contribution in [3.63, 3.8) is 0 Å². The van der Waals surface area contributed by atoms with Gasteiger partial charge in [-0.05, 0) is 0 Å². The number of alkyl halides is 18. The summed E-state index contributed by atoms with van der Waals surface area (Å²) in [5.41, 5.74) is 0. The number of carbonyl (C=O) groups excluding carboxylic acids is 1. The zero-order valence-corrected chi connectivity index (χ0v) is 12.5. The van der Waals surface area contributed by atoms with Crippen LogP contribution in [0, 0.1) is 0 Å². The fraction of sp³-hybridized carbons (Fsp3) is 0.889. The largest absolute Gasteiger partial charge is 0.459 e. The molecule has 0 aliphatic rings. The van der Waals surface area contributed by atoms with Gasteiger partial charge in [-0.15, -0.1) is 0 Å². The van der Waals surface area contributed by atoms with Crippen molar-refractivity contribution in [2.45, 2.75) is 48.6 Å². The van der Waals surface area contributed by atoms with Crippen LogP contribution in [-0.2, 0) is 14.3 Å². The zero-order chi connectivity index (χ0) is 25.0. The Hall–Kier alpha value is -1.67. The van der Waals surface area contributed by atoms with E-state index in [2.05, 4.69) is 0 Å². The second-order valence-corrected chi connectivity index (χ2v) is 4.75. The predicted molar refractivity (Wildman–Crippen MR) is 49.0 cm³/mol. The summed E-state index contributed by atoms with van der Waals surface area (Å²) in [6, 6.07) is 0. The molecule has 0 aliphatic carbocycles. The molecule has 0 bridgehead atoms. The number of rotatable bonds is 6. The number of Topliss-reactive ketones (excluding diaryl/α,β-unsaturated/α-hetero) is 1. The number of ketones is 1. The molecule has 0 aromatic rings.